The molecule has 7 heteroatoms. The van der Waals surface area contributed by atoms with Crippen LogP contribution in [0.4, 0.5) is 11.5 Å². The van der Waals surface area contributed by atoms with Gasteiger partial charge in [-0.2, -0.15) is 0 Å². The molecule has 0 bridgehead atoms. The minimum atomic E-state index is -0.697. The lowest BCUT2D eigenvalue weighted by molar-refractivity contribution is -0.384. The van der Waals surface area contributed by atoms with Crippen molar-refractivity contribution in [1.29, 1.82) is 0 Å². The Labute approximate surface area is 109 Å². The van der Waals surface area contributed by atoms with Crippen LogP contribution in [0.15, 0.2) is 12.3 Å². The fourth-order valence-electron chi connectivity index (χ4n) is 2.00. The summed E-state index contributed by atoms with van der Waals surface area (Å²) in [6.45, 7) is 2.86. The van der Waals surface area contributed by atoms with E-state index in [-0.39, 0.29) is 10.7 Å². The summed E-state index contributed by atoms with van der Waals surface area (Å²) >= 11 is 5.72. The Kier molecular flexibility index (Phi) is 3.41. The van der Waals surface area contributed by atoms with E-state index in [9.17, 15) is 15.2 Å². The van der Waals surface area contributed by atoms with Crippen LogP contribution in [0, 0.1) is 10.1 Å². The van der Waals surface area contributed by atoms with E-state index in [1.54, 1.807) is 6.92 Å². The highest BCUT2D eigenvalue weighted by Crippen LogP contribution is 2.32. The average molecular weight is 272 g/mol. The van der Waals surface area contributed by atoms with Crippen LogP contribution in [0.25, 0.3) is 0 Å². The molecule has 0 unspecified atom stereocenters. The number of hydrogen-bond acceptors (Lipinski definition) is 5. The van der Waals surface area contributed by atoms with Gasteiger partial charge in [-0.05, 0) is 19.8 Å². The summed E-state index contributed by atoms with van der Waals surface area (Å²) in [7, 11) is 0. The normalized spacial score (nSPS) is 18.7. The third kappa shape index (κ3) is 2.70. The van der Waals surface area contributed by atoms with Crippen molar-refractivity contribution in [2.75, 3.05) is 18.0 Å². The van der Waals surface area contributed by atoms with Gasteiger partial charge >= 0.3 is 5.69 Å². The first-order chi connectivity index (χ1) is 8.39. The van der Waals surface area contributed by atoms with Gasteiger partial charge in [0.05, 0.1) is 15.5 Å². The van der Waals surface area contributed by atoms with E-state index in [1.165, 1.54) is 12.3 Å². The Morgan fingerprint density at radius 1 is 1.56 bits per heavy atom. The first-order valence-corrected chi connectivity index (χ1v) is 6.04. The smallest absolute Gasteiger partial charge is 0.313 e. The van der Waals surface area contributed by atoms with Crippen molar-refractivity contribution in [1.82, 2.24) is 4.98 Å². The quantitative estimate of drug-likeness (QED) is 0.657. The summed E-state index contributed by atoms with van der Waals surface area (Å²) in [6.07, 6.45) is 2.53. The van der Waals surface area contributed by atoms with Crippen molar-refractivity contribution in [2.45, 2.75) is 25.4 Å². The molecular formula is C11H14ClN3O3. The summed E-state index contributed by atoms with van der Waals surface area (Å²) in [6, 6.07) is 1.30. The predicted octanol–water partition coefficient (Wildman–Crippen LogP) is 1.99. The lowest BCUT2D eigenvalue weighted by Gasteiger charge is -2.36. The third-order valence-electron chi connectivity index (χ3n) is 3.15. The van der Waals surface area contributed by atoms with Gasteiger partial charge < -0.3 is 10.0 Å². The Morgan fingerprint density at radius 3 is 2.72 bits per heavy atom. The Morgan fingerprint density at radius 2 is 2.17 bits per heavy atom. The molecule has 0 aliphatic carbocycles. The van der Waals surface area contributed by atoms with Crippen molar-refractivity contribution < 1.29 is 10.0 Å². The van der Waals surface area contributed by atoms with Crippen molar-refractivity contribution in [3.8, 4) is 0 Å². The molecule has 0 aromatic carbocycles. The van der Waals surface area contributed by atoms with Gasteiger partial charge in [0.25, 0.3) is 0 Å². The van der Waals surface area contributed by atoms with Crippen LogP contribution in [-0.2, 0) is 0 Å². The van der Waals surface area contributed by atoms with E-state index in [0.717, 1.165) is 0 Å². The molecule has 0 saturated carbocycles. The van der Waals surface area contributed by atoms with Gasteiger partial charge in [0.15, 0.2) is 0 Å². The zero-order valence-electron chi connectivity index (χ0n) is 9.97. The molecule has 98 valence electrons. The van der Waals surface area contributed by atoms with E-state index in [0.29, 0.717) is 31.7 Å². The second kappa shape index (κ2) is 4.70. The summed E-state index contributed by atoms with van der Waals surface area (Å²) in [5.74, 6) is 0.319. The molecule has 0 spiro atoms. The van der Waals surface area contributed by atoms with E-state index in [4.69, 9.17) is 11.6 Å². The highest BCUT2D eigenvalue weighted by Gasteiger charge is 2.31. The van der Waals surface area contributed by atoms with Gasteiger partial charge in [0, 0.05) is 25.4 Å². The molecule has 2 rings (SSSR count). The molecule has 1 aromatic rings. The highest BCUT2D eigenvalue weighted by molar-refractivity contribution is 6.30. The molecule has 1 aliphatic heterocycles. The van der Waals surface area contributed by atoms with Crippen LogP contribution < -0.4 is 4.90 Å². The Bertz CT molecular complexity index is 469. The maximum absolute atomic E-state index is 11.0. The standard InChI is InChI=1S/C11H14ClN3O3/c1-11(16)2-4-14(5-3-11)10-9(15(17)18)6-8(12)7-13-10/h6-7,16H,2-5H2,1H3. The number of anilines is 1. The summed E-state index contributed by atoms with van der Waals surface area (Å²) in [4.78, 5) is 16.3. The SMILES string of the molecule is CC1(O)CCN(c2ncc(Cl)cc2[N+](=O)[O-])CC1. The third-order valence-corrected chi connectivity index (χ3v) is 3.36. The summed E-state index contributed by atoms with van der Waals surface area (Å²) < 4.78 is 0. The zero-order valence-corrected chi connectivity index (χ0v) is 10.7. The molecule has 18 heavy (non-hydrogen) atoms. The van der Waals surface area contributed by atoms with Crippen LogP contribution in [0.3, 0.4) is 0 Å². The second-order valence-corrected chi connectivity index (χ2v) is 5.17. The number of aromatic nitrogens is 1. The Hall–Kier alpha value is -1.40. The molecule has 0 amide bonds. The van der Waals surface area contributed by atoms with E-state index >= 15 is 0 Å². The maximum Gasteiger partial charge on any atom is 0.313 e. The van der Waals surface area contributed by atoms with Crippen LogP contribution >= 0.6 is 11.6 Å². The molecule has 1 fully saturated rings. The van der Waals surface area contributed by atoms with Crippen molar-refractivity contribution in [3.05, 3.63) is 27.4 Å². The van der Waals surface area contributed by atoms with Gasteiger partial charge in [0.2, 0.25) is 5.82 Å². The maximum atomic E-state index is 11.0. The summed E-state index contributed by atoms with van der Waals surface area (Å²) in [5, 5.41) is 21.1. The van der Waals surface area contributed by atoms with Crippen LogP contribution in [0.5, 0.6) is 0 Å². The zero-order chi connectivity index (χ0) is 13.3. The van der Waals surface area contributed by atoms with Gasteiger partial charge in [-0.3, -0.25) is 10.1 Å². The van der Waals surface area contributed by atoms with E-state index < -0.39 is 10.5 Å². The minimum absolute atomic E-state index is 0.0935. The molecule has 1 aromatic heterocycles. The number of pyridine rings is 1. The van der Waals surface area contributed by atoms with Gasteiger partial charge in [-0.15, -0.1) is 0 Å². The molecule has 0 atom stereocenters. The topological polar surface area (TPSA) is 79.5 Å². The minimum Gasteiger partial charge on any atom is -0.390 e. The molecule has 1 aliphatic rings. The van der Waals surface area contributed by atoms with Crippen LogP contribution in [0.2, 0.25) is 5.02 Å². The van der Waals surface area contributed by atoms with Crippen LogP contribution in [0.1, 0.15) is 19.8 Å². The number of nitrogens with zero attached hydrogens (tertiary/aromatic N) is 3. The van der Waals surface area contributed by atoms with Gasteiger partial charge in [0.1, 0.15) is 0 Å². The molecule has 1 N–H and O–H groups in total. The second-order valence-electron chi connectivity index (χ2n) is 4.74. The number of rotatable bonds is 2. The number of aliphatic hydroxyl groups is 1. The van der Waals surface area contributed by atoms with Crippen molar-refractivity contribution >= 4 is 23.1 Å². The van der Waals surface area contributed by atoms with Gasteiger partial charge in [-0.25, -0.2) is 4.98 Å². The number of nitro groups is 1. The van der Waals surface area contributed by atoms with Gasteiger partial charge in [-0.1, -0.05) is 11.6 Å². The fourth-order valence-corrected chi connectivity index (χ4v) is 2.15. The number of piperidine rings is 1. The van der Waals surface area contributed by atoms with E-state index in [2.05, 4.69) is 4.98 Å². The highest BCUT2D eigenvalue weighted by atomic mass is 35.5. The number of halogens is 1. The monoisotopic (exact) mass is 271 g/mol. The molecule has 6 nitrogen and oxygen atoms in total. The fraction of sp³-hybridized carbons (Fsp3) is 0.545. The average Bonchev–Trinajstić information content (AvgIpc) is 2.29. The first kappa shape index (κ1) is 13.0. The molecule has 2 heterocycles. The molecule has 0 radical (unpaired) electrons. The largest absolute Gasteiger partial charge is 0.390 e. The van der Waals surface area contributed by atoms with Crippen molar-refractivity contribution in [2.24, 2.45) is 0 Å². The van der Waals surface area contributed by atoms with Crippen molar-refractivity contribution in [3.63, 3.8) is 0 Å². The lowest BCUT2D eigenvalue weighted by Crippen LogP contribution is -2.43. The number of hydrogen-bond donors (Lipinski definition) is 1. The molecule has 1 saturated heterocycles. The lowest BCUT2D eigenvalue weighted by atomic mass is 9.94. The predicted molar refractivity (Wildman–Crippen MR) is 68.0 cm³/mol. The first-order valence-electron chi connectivity index (χ1n) is 5.66. The Balaban J connectivity index is 2.26. The van der Waals surface area contributed by atoms with Crippen LogP contribution in [-0.4, -0.2) is 33.7 Å². The molecular weight excluding hydrogens is 258 g/mol. The van der Waals surface area contributed by atoms with E-state index in [1.807, 2.05) is 4.90 Å². The summed E-state index contributed by atoms with van der Waals surface area (Å²) in [5.41, 5.74) is -0.790.